The maximum Gasteiger partial charge on any atom is 0.279 e. The summed E-state index contributed by atoms with van der Waals surface area (Å²) in [6.07, 6.45) is 1.06. The molecule has 0 fully saturated rings. The van der Waals surface area contributed by atoms with E-state index in [1.807, 2.05) is 0 Å². The Kier molecular flexibility index (Phi) is 5.93. The molecule has 0 radical (unpaired) electrons. The van der Waals surface area contributed by atoms with Crippen LogP contribution in [0.3, 0.4) is 0 Å². The van der Waals surface area contributed by atoms with E-state index in [1.54, 1.807) is 24.3 Å². The largest absolute Gasteiger partial charge is 0.284 e. The smallest absolute Gasteiger partial charge is 0.279 e. The predicted octanol–water partition coefficient (Wildman–Crippen LogP) is 3.88. The highest BCUT2D eigenvalue weighted by atomic mass is 32.2. The molecule has 1 aliphatic heterocycles. The van der Waals surface area contributed by atoms with Crippen molar-refractivity contribution in [3.8, 4) is 0 Å². The van der Waals surface area contributed by atoms with Gasteiger partial charge in [-0.25, -0.2) is 17.2 Å². The number of sulfonamides is 2. The summed E-state index contributed by atoms with van der Waals surface area (Å²) in [6.45, 7) is 0. The maximum atomic E-state index is 14.6. The molecule has 0 bridgehead atoms. The van der Waals surface area contributed by atoms with Crippen LogP contribution in [0, 0.1) is 11.6 Å². The van der Waals surface area contributed by atoms with E-state index in [2.05, 4.69) is 9.82 Å². The molecule has 1 aliphatic rings. The first-order valence-corrected chi connectivity index (χ1v) is 13.1. The molecule has 4 rings (SSSR count). The molecule has 33 heavy (non-hydrogen) atoms. The number of nitrogens with zero attached hydrogens (tertiary/aromatic N) is 2. The molecule has 0 aliphatic carbocycles. The highest BCUT2D eigenvalue weighted by Crippen LogP contribution is 2.38. The summed E-state index contributed by atoms with van der Waals surface area (Å²) in [5.74, 6) is -1.19. The number of hydrogen-bond donors (Lipinski definition) is 1. The van der Waals surface area contributed by atoms with Crippen LogP contribution >= 0.6 is 0 Å². The predicted molar refractivity (Wildman–Crippen MR) is 121 cm³/mol. The van der Waals surface area contributed by atoms with Gasteiger partial charge in [0.1, 0.15) is 11.6 Å². The third kappa shape index (κ3) is 4.88. The number of nitrogens with one attached hydrogen (secondary N) is 1. The SMILES string of the molecule is CS(=O)(=O)Nc1cccc(C2=NN(S(=O)(=O)c3ccc(F)cc3)C(c3ccccc3F)C2)c1. The number of anilines is 1. The van der Waals surface area contributed by atoms with Crippen molar-refractivity contribution in [1.29, 1.82) is 0 Å². The molecule has 0 aromatic heterocycles. The summed E-state index contributed by atoms with van der Waals surface area (Å²) in [7, 11) is -7.78. The lowest BCUT2D eigenvalue weighted by Crippen LogP contribution is -2.28. The average Bonchev–Trinajstić information content (AvgIpc) is 3.20. The zero-order chi connectivity index (χ0) is 23.8. The van der Waals surface area contributed by atoms with Gasteiger partial charge in [0.05, 0.1) is 22.9 Å². The van der Waals surface area contributed by atoms with Crippen molar-refractivity contribution >= 4 is 31.4 Å². The van der Waals surface area contributed by atoms with Crippen LogP contribution in [0.2, 0.25) is 0 Å². The van der Waals surface area contributed by atoms with Crippen molar-refractivity contribution in [3.63, 3.8) is 0 Å². The van der Waals surface area contributed by atoms with Gasteiger partial charge in [-0.15, -0.1) is 0 Å². The number of benzene rings is 3. The molecule has 0 saturated heterocycles. The van der Waals surface area contributed by atoms with Crippen molar-refractivity contribution < 1.29 is 25.6 Å². The second kappa shape index (κ2) is 8.56. The first-order chi connectivity index (χ1) is 15.5. The van der Waals surface area contributed by atoms with Gasteiger partial charge >= 0.3 is 0 Å². The molecular weight excluding hydrogens is 472 g/mol. The lowest BCUT2D eigenvalue weighted by molar-refractivity contribution is 0.362. The Balaban J connectivity index is 1.80. The fourth-order valence-electron chi connectivity index (χ4n) is 3.55. The van der Waals surface area contributed by atoms with E-state index in [-0.39, 0.29) is 22.6 Å². The van der Waals surface area contributed by atoms with Crippen LogP contribution in [0.4, 0.5) is 14.5 Å². The number of halogens is 2. The minimum Gasteiger partial charge on any atom is -0.284 e. The van der Waals surface area contributed by atoms with Crippen LogP contribution in [-0.4, -0.2) is 33.2 Å². The Bertz CT molecular complexity index is 1440. The van der Waals surface area contributed by atoms with E-state index >= 15 is 0 Å². The summed E-state index contributed by atoms with van der Waals surface area (Å²) in [4.78, 5) is -0.192. The maximum absolute atomic E-state index is 14.6. The average molecular weight is 492 g/mol. The van der Waals surface area contributed by atoms with E-state index in [1.165, 1.54) is 24.3 Å². The molecule has 11 heteroatoms. The molecule has 1 unspecified atom stereocenters. The highest BCUT2D eigenvalue weighted by Gasteiger charge is 2.39. The van der Waals surface area contributed by atoms with Gasteiger partial charge in [0.15, 0.2) is 0 Å². The topological polar surface area (TPSA) is 95.9 Å². The molecule has 0 spiro atoms. The summed E-state index contributed by atoms with van der Waals surface area (Å²) in [5, 5.41) is 4.29. The van der Waals surface area contributed by atoms with Crippen LogP contribution in [0.5, 0.6) is 0 Å². The summed E-state index contributed by atoms with van der Waals surface area (Å²) < 4.78 is 81.0. The highest BCUT2D eigenvalue weighted by molar-refractivity contribution is 7.92. The van der Waals surface area contributed by atoms with Gasteiger partial charge in [-0.1, -0.05) is 30.3 Å². The fourth-order valence-corrected chi connectivity index (χ4v) is 5.53. The summed E-state index contributed by atoms with van der Waals surface area (Å²) in [5.41, 5.74) is 1.21. The monoisotopic (exact) mass is 491 g/mol. The molecule has 1 heterocycles. The fraction of sp³-hybridized carbons (Fsp3) is 0.136. The first-order valence-electron chi connectivity index (χ1n) is 9.75. The lowest BCUT2D eigenvalue weighted by atomic mass is 9.98. The van der Waals surface area contributed by atoms with E-state index in [0.717, 1.165) is 34.9 Å². The van der Waals surface area contributed by atoms with E-state index < -0.39 is 37.7 Å². The normalized spacial score (nSPS) is 16.5. The Morgan fingerprint density at radius 1 is 0.939 bits per heavy atom. The van der Waals surface area contributed by atoms with Gasteiger partial charge in [0, 0.05) is 17.7 Å². The van der Waals surface area contributed by atoms with Gasteiger partial charge in [-0.05, 0) is 48.0 Å². The van der Waals surface area contributed by atoms with Gasteiger partial charge < -0.3 is 0 Å². The van der Waals surface area contributed by atoms with E-state index in [4.69, 9.17) is 0 Å². The number of hydrazone groups is 1. The van der Waals surface area contributed by atoms with Crippen LogP contribution < -0.4 is 4.72 Å². The van der Waals surface area contributed by atoms with Crippen LogP contribution in [-0.2, 0) is 20.0 Å². The molecule has 3 aromatic rings. The number of rotatable bonds is 6. The van der Waals surface area contributed by atoms with Crippen LogP contribution in [0.1, 0.15) is 23.6 Å². The van der Waals surface area contributed by atoms with Crippen molar-refractivity contribution in [3.05, 3.63) is 95.6 Å². The van der Waals surface area contributed by atoms with Crippen molar-refractivity contribution in [2.45, 2.75) is 17.4 Å². The Morgan fingerprint density at radius 2 is 1.64 bits per heavy atom. The standard InChI is InChI=1S/C22H19F2N3O4S2/c1-32(28,29)26-17-6-4-5-15(13-17)21-14-22(19-7-2-3-8-20(19)24)27(25-21)33(30,31)18-11-9-16(23)10-12-18/h2-13,22,26H,14H2,1H3. The van der Waals surface area contributed by atoms with Gasteiger partial charge in [0.2, 0.25) is 10.0 Å². The molecule has 3 aromatic carbocycles. The minimum atomic E-state index is -4.25. The third-order valence-corrected chi connectivity index (χ3v) is 7.30. The molecule has 7 nitrogen and oxygen atoms in total. The molecule has 0 saturated carbocycles. The van der Waals surface area contributed by atoms with Crippen molar-refractivity contribution in [2.24, 2.45) is 5.10 Å². The summed E-state index contributed by atoms with van der Waals surface area (Å²) >= 11 is 0. The zero-order valence-electron chi connectivity index (χ0n) is 17.3. The Morgan fingerprint density at radius 3 is 2.30 bits per heavy atom. The molecule has 172 valence electrons. The quantitative estimate of drug-likeness (QED) is 0.566. The molecular formula is C22H19F2N3O4S2. The summed E-state index contributed by atoms with van der Waals surface area (Å²) in [6, 6.07) is 15.4. The van der Waals surface area contributed by atoms with Crippen LogP contribution in [0.25, 0.3) is 0 Å². The second-order valence-electron chi connectivity index (χ2n) is 7.47. The first kappa shape index (κ1) is 22.9. The lowest BCUT2D eigenvalue weighted by Gasteiger charge is -2.23. The van der Waals surface area contributed by atoms with Gasteiger partial charge in [-0.3, -0.25) is 4.72 Å². The molecule has 1 N–H and O–H groups in total. The zero-order valence-corrected chi connectivity index (χ0v) is 18.9. The van der Waals surface area contributed by atoms with Crippen LogP contribution in [0.15, 0.2) is 82.8 Å². The van der Waals surface area contributed by atoms with E-state index in [0.29, 0.717) is 11.3 Å². The van der Waals surface area contributed by atoms with E-state index in [9.17, 15) is 25.6 Å². The minimum absolute atomic E-state index is 0.0453. The van der Waals surface area contributed by atoms with Crippen molar-refractivity contribution in [2.75, 3.05) is 11.0 Å². The second-order valence-corrected chi connectivity index (χ2v) is 11.0. The van der Waals surface area contributed by atoms with Gasteiger partial charge in [0.25, 0.3) is 10.0 Å². The van der Waals surface area contributed by atoms with Crippen molar-refractivity contribution in [1.82, 2.24) is 4.41 Å². The van der Waals surface area contributed by atoms with Gasteiger partial charge in [-0.2, -0.15) is 17.9 Å². The molecule has 0 amide bonds. The molecule has 1 atom stereocenters. The number of hydrogen-bond acceptors (Lipinski definition) is 5. The third-order valence-electron chi connectivity index (χ3n) is 4.99. The Labute approximate surface area is 190 Å². The Hall–Kier alpha value is -3.31.